The minimum Gasteiger partial charge on any atom is -0.454 e. The third-order valence-corrected chi connectivity index (χ3v) is 18.2. The number of fused-ring (bicyclic) bond motifs is 24. The van der Waals surface area contributed by atoms with E-state index in [0.717, 1.165) is 103 Å². The number of hydrogen-bond acceptors (Lipinski definition) is 6. The number of nitriles is 2. The largest absolute Gasteiger partial charge is 0.454 e. The summed E-state index contributed by atoms with van der Waals surface area (Å²) >= 11 is 0. The second-order valence-electron chi connectivity index (χ2n) is 22.6. The molecule has 8 aromatic heterocycles. The maximum Gasteiger partial charge on any atom is 0.160 e. The maximum absolute atomic E-state index is 13.1. The molecule has 0 bridgehead atoms. The summed E-state index contributed by atoms with van der Waals surface area (Å²) in [4.78, 5) is 0. The quantitative estimate of drug-likeness (QED) is 0.173. The van der Waals surface area contributed by atoms with Gasteiger partial charge in [0.15, 0.2) is 22.3 Å². The van der Waals surface area contributed by atoms with Gasteiger partial charge in [-0.05, 0) is 66.7 Å². The summed E-state index contributed by atoms with van der Waals surface area (Å²) in [6.45, 7) is 9.93. The van der Waals surface area contributed by atoms with Crippen LogP contribution in [0.3, 0.4) is 0 Å². The van der Waals surface area contributed by atoms with Crippen molar-refractivity contribution in [1.82, 2.24) is 18.3 Å². The Labute approximate surface area is 497 Å². The Balaban J connectivity index is 1.16. The van der Waals surface area contributed by atoms with Crippen LogP contribution >= 0.6 is 0 Å². The molecule has 0 spiro atoms. The molecule has 8 heterocycles. The summed E-state index contributed by atoms with van der Waals surface area (Å²) in [5, 5.41) is 39.5. The number of hydrogen-bond donors (Lipinski definition) is 0. The number of benzene rings is 11. The van der Waals surface area contributed by atoms with E-state index in [1.807, 2.05) is 144 Å². The van der Waals surface area contributed by atoms with Crippen LogP contribution < -0.4 is 10.7 Å². The molecule has 19 rings (SSSR count). The Morgan fingerprint density at radius 2 is 0.545 bits per heavy atom. The van der Waals surface area contributed by atoms with Gasteiger partial charge in [-0.1, -0.05) is 177 Å². The van der Waals surface area contributed by atoms with E-state index in [-0.39, 0.29) is 11.1 Å². The van der Waals surface area contributed by atoms with Crippen molar-refractivity contribution in [3.63, 3.8) is 0 Å². The van der Waals surface area contributed by atoms with Gasteiger partial charge in [-0.2, -0.15) is 10.5 Å². The molecule has 0 aliphatic rings. The molecule has 0 unspecified atom stereocenters. The van der Waals surface area contributed by atoms with Crippen molar-refractivity contribution >= 4 is 166 Å². The zero-order valence-electron chi connectivity index (χ0n) is 46.7. The average molecular weight is 1130 g/mol. The Morgan fingerprint density at radius 1 is 0.261 bits per heavy atom. The van der Waals surface area contributed by atoms with Gasteiger partial charge in [-0.25, -0.2) is 0 Å². The molecule has 0 aliphatic heterocycles. The Bertz CT molecular complexity index is 6650. The van der Waals surface area contributed by atoms with E-state index in [0.29, 0.717) is 83.6 Å². The standard InChI is InChI=1S/C78H42N6O4/c1-43-19-3-4-27-55-48-23-8-15-31-64(48)85-75(55)44(2)81(43)69-59(41-79)68(82-61-28-12-5-20-45(61)52-35-38-56-49-24-9-16-32-65(49)86-76(56)71(52)82)60(42-80)70(83-62-29-13-6-21-46(62)53-36-39-57-50-25-10-17-33-66(50)87-77(57)72(53)83)74(69)84-63-30-14-7-22-47(63)54-37-40-58-51-26-11-18-34-67(51)88-78(58)73(54)84/h3-40H,1-2H2. The van der Waals surface area contributed by atoms with E-state index in [9.17, 15) is 10.5 Å². The van der Waals surface area contributed by atoms with E-state index in [2.05, 4.69) is 117 Å². The Morgan fingerprint density at radius 3 is 0.943 bits per heavy atom. The van der Waals surface area contributed by atoms with E-state index in [1.165, 1.54) is 0 Å². The van der Waals surface area contributed by atoms with Gasteiger partial charge < -0.3 is 35.9 Å². The summed E-state index contributed by atoms with van der Waals surface area (Å²) in [6.07, 6.45) is 0. The highest BCUT2D eigenvalue weighted by Crippen LogP contribution is 2.51. The molecule has 10 heteroatoms. The predicted molar refractivity (Wildman–Crippen MR) is 355 cm³/mol. The number of para-hydroxylation sites is 7. The first-order valence-electron chi connectivity index (χ1n) is 29.1. The van der Waals surface area contributed by atoms with E-state index >= 15 is 0 Å². The molecule has 408 valence electrons. The lowest BCUT2D eigenvalue weighted by Crippen LogP contribution is -2.31. The fourth-order valence-corrected chi connectivity index (χ4v) is 14.6. The van der Waals surface area contributed by atoms with Crippen molar-refractivity contribution in [3.8, 4) is 34.9 Å². The Hall–Kier alpha value is -12.5. The molecule has 0 amide bonds. The third kappa shape index (κ3) is 6.16. The van der Waals surface area contributed by atoms with Crippen LogP contribution in [0.15, 0.2) is 248 Å². The van der Waals surface area contributed by atoms with Crippen molar-refractivity contribution < 1.29 is 17.7 Å². The number of aromatic nitrogens is 4. The summed E-state index contributed by atoms with van der Waals surface area (Å²) < 4.78 is 36.9. The van der Waals surface area contributed by atoms with Crippen LogP contribution in [-0.4, -0.2) is 18.3 Å². The predicted octanol–water partition coefficient (Wildman–Crippen LogP) is 19.1. The van der Waals surface area contributed by atoms with Crippen LogP contribution in [-0.2, 0) is 0 Å². The molecule has 11 aromatic carbocycles. The lowest BCUT2D eigenvalue weighted by atomic mass is 9.98. The molecule has 0 saturated carbocycles. The minimum atomic E-state index is 0.143. The van der Waals surface area contributed by atoms with Gasteiger partial charge in [0.25, 0.3) is 0 Å². The fraction of sp³-hybridized carbons (Fsp3) is 0. The molecule has 0 N–H and O–H groups in total. The zero-order valence-corrected chi connectivity index (χ0v) is 46.7. The van der Waals surface area contributed by atoms with Crippen LogP contribution in [0.4, 0.5) is 0 Å². The molecule has 0 fully saturated rings. The van der Waals surface area contributed by atoms with Crippen molar-refractivity contribution in [2.75, 3.05) is 0 Å². The second kappa shape index (κ2) is 17.5. The Kier molecular flexibility index (Phi) is 9.55. The monoisotopic (exact) mass is 1130 g/mol. The van der Waals surface area contributed by atoms with Crippen molar-refractivity contribution in [3.05, 3.63) is 252 Å². The number of nitrogens with zero attached hydrogens (tertiary/aromatic N) is 6. The van der Waals surface area contributed by atoms with Gasteiger partial charge in [0.2, 0.25) is 0 Å². The van der Waals surface area contributed by atoms with E-state index < -0.39 is 0 Å². The maximum atomic E-state index is 13.1. The van der Waals surface area contributed by atoms with E-state index in [1.54, 1.807) is 0 Å². The van der Waals surface area contributed by atoms with Crippen molar-refractivity contribution in [2.24, 2.45) is 0 Å². The highest BCUT2D eigenvalue weighted by atomic mass is 16.3. The molecular formula is C78H42N6O4. The fourth-order valence-electron chi connectivity index (χ4n) is 14.6. The molecule has 19 aromatic rings. The van der Waals surface area contributed by atoms with Crippen LogP contribution in [0.2, 0.25) is 0 Å². The lowest BCUT2D eigenvalue weighted by molar-refractivity contribution is 0.660. The summed E-state index contributed by atoms with van der Waals surface area (Å²) in [5.41, 5.74) is 11.4. The molecular weight excluding hydrogens is 1080 g/mol. The molecule has 0 radical (unpaired) electrons. The molecule has 0 saturated heterocycles. The first kappa shape index (κ1) is 47.9. The van der Waals surface area contributed by atoms with Crippen LogP contribution in [0.1, 0.15) is 11.1 Å². The van der Waals surface area contributed by atoms with Gasteiger partial charge in [0.05, 0.1) is 61.2 Å². The third-order valence-electron chi connectivity index (χ3n) is 18.2. The molecule has 88 heavy (non-hydrogen) atoms. The average Bonchev–Trinajstić information content (AvgIpc) is 1.46. The SMILES string of the molecule is C=c1ccccc2c(oc3ccccc32)c(=C)n1-c1c(C#N)c(-n2c3ccccc3c3ccc4c5ccccc5oc4c32)c(C#N)c(-n2c3ccccc3c3ccc4c5ccccc5oc4c32)c1-n1c2ccccc2c2ccc3c4ccccc4oc3c21. The van der Waals surface area contributed by atoms with Gasteiger partial charge in [0, 0.05) is 80.8 Å². The molecule has 0 aliphatic carbocycles. The van der Waals surface area contributed by atoms with Gasteiger partial charge in [0.1, 0.15) is 45.6 Å². The first-order chi connectivity index (χ1) is 43.5. The summed E-state index contributed by atoms with van der Waals surface area (Å²) in [7, 11) is 0. The van der Waals surface area contributed by atoms with Gasteiger partial charge >= 0.3 is 0 Å². The second-order valence-corrected chi connectivity index (χ2v) is 22.6. The zero-order chi connectivity index (χ0) is 58.2. The minimum absolute atomic E-state index is 0.143. The molecule has 0 atom stereocenters. The van der Waals surface area contributed by atoms with Gasteiger partial charge in [-0.3, -0.25) is 0 Å². The number of furan rings is 4. The topological polar surface area (TPSA) is 120 Å². The normalized spacial score (nSPS) is 12.2. The first-order valence-corrected chi connectivity index (χ1v) is 29.1. The smallest absolute Gasteiger partial charge is 0.160 e. The highest BCUT2D eigenvalue weighted by Gasteiger charge is 2.36. The van der Waals surface area contributed by atoms with Gasteiger partial charge in [-0.15, -0.1) is 0 Å². The summed E-state index contributed by atoms with van der Waals surface area (Å²) in [6, 6.07) is 83.3. The van der Waals surface area contributed by atoms with Crippen molar-refractivity contribution in [2.45, 2.75) is 0 Å². The van der Waals surface area contributed by atoms with Crippen LogP contribution in [0.25, 0.3) is 189 Å². The molecule has 10 nitrogen and oxygen atoms in total. The summed E-state index contributed by atoms with van der Waals surface area (Å²) in [5.74, 6) is 0. The lowest BCUT2D eigenvalue weighted by Gasteiger charge is -2.27. The van der Waals surface area contributed by atoms with E-state index in [4.69, 9.17) is 30.8 Å². The van der Waals surface area contributed by atoms with Crippen LogP contribution in [0.5, 0.6) is 0 Å². The van der Waals surface area contributed by atoms with Crippen LogP contribution in [0, 0.1) is 22.7 Å². The highest BCUT2D eigenvalue weighted by molar-refractivity contribution is 6.26. The van der Waals surface area contributed by atoms with Crippen molar-refractivity contribution in [1.29, 1.82) is 10.5 Å². The number of rotatable bonds is 4.